The molecule has 104 valence electrons. The summed E-state index contributed by atoms with van der Waals surface area (Å²) in [7, 11) is 0. The van der Waals surface area contributed by atoms with Crippen molar-refractivity contribution in [2.24, 2.45) is 22.2 Å². The van der Waals surface area contributed by atoms with Crippen molar-refractivity contribution in [2.45, 2.75) is 26.2 Å². The van der Waals surface area contributed by atoms with Crippen LogP contribution in [-0.2, 0) is 11.2 Å². The molecule has 0 saturated heterocycles. The summed E-state index contributed by atoms with van der Waals surface area (Å²) in [5.74, 6) is 1.06. The molecule has 1 aromatic heterocycles. The van der Waals surface area contributed by atoms with Gasteiger partial charge in [-0.1, -0.05) is 12.1 Å². The highest BCUT2D eigenvalue weighted by Crippen LogP contribution is 2.45. The van der Waals surface area contributed by atoms with Crippen molar-refractivity contribution in [2.75, 3.05) is 6.54 Å². The van der Waals surface area contributed by atoms with E-state index in [1.807, 2.05) is 6.92 Å². The Bertz CT molecular complexity index is 462. The maximum Gasteiger partial charge on any atom is 0.233 e. The van der Waals surface area contributed by atoms with Crippen LogP contribution in [0, 0.1) is 11.3 Å². The third kappa shape index (κ3) is 2.54. The zero-order chi connectivity index (χ0) is 13.9. The van der Waals surface area contributed by atoms with Crippen LogP contribution in [0.2, 0.25) is 0 Å². The number of aromatic nitrogens is 2. The lowest BCUT2D eigenvalue weighted by molar-refractivity contribution is -0.133. The lowest BCUT2D eigenvalue weighted by Crippen LogP contribution is -2.57. The number of nitrogens with two attached hydrogens (primary N) is 1. The molecule has 0 spiro atoms. The van der Waals surface area contributed by atoms with Crippen molar-refractivity contribution >= 4 is 11.7 Å². The number of carbonyl (C=O) groups is 1. The van der Waals surface area contributed by atoms with E-state index < -0.39 is 5.41 Å². The third-order valence-electron chi connectivity index (χ3n) is 3.63. The summed E-state index contributed by atoms with van der Waals surface area (Å²) < 4.78 is 0. The number of H-pyrrole nitrogens is 1. The van der Waals surface area contributed by atoms with Gasteiger partial charge < -0.3 is 21.2 Å². The highest BCUT2D eigenvalue weighted by molar-refractivity contribution is 6.07. The average Bonchev–Trinajstić information content (AvgIpc) is 2.86. The van der Waals surface area contributed by atoms with Crippen LogP contribution in [0.1, 0.15) is 25.6 Å². The monoisotopic (exact) mass is 265 g/mol. The third-order valence-corrected chi connectivity index (χ3v) is 3.63. The molecule has 0 aliphatic heterocycles. The fourth-order valence-corrected chi connectivity index (χ4v) is 2.63. The van der Waals surface area contributed by atoms with E-state index in [1.165, 1.54) is 0 Å². The van der Waals surface area contributed by atoms with Gasteiger partial charge in [-0.25, -0.2) is 4.98 Å². The van der Waals surface area contributed by atoms with Crippen molar-refractivity contribution in [3.05, 3.63) is 18.2 Å². The van der Waals surface area contributed by atoms with E-state index >= 15 is 0 Å². The van der Waals surface area contributed by atoms with Crippen molar-refractivity contribution in [3.8, 4) is 0 Å². The summed E-state index contributed by atoms with van der Waals surface area (Å²) in [6.07, 6.45) is 5.27. The predicted octanol–water partition coefficient (Wildman–Crippen LogP) is 0.231. The molecule has 0 radical (unpaired) electrons. The second kappa shape index (κ2) is 5.29. The summed E-state index contributed by atoms with van der Waals surface area (Å²) in [6, 6.07) is 0. The molecule has 1 heterocycles. The molecular weight excluding hydrogens is 246 g/mol. The standard InChI is InChI=1S/C12H19N5O2/c1-8-6-12(7-8,10(13)17-19)11(18)16-3-2-9-14-4-5-15-9/h4-5,8,19H,2-3,6-7H2,1H3,(H2,13,17)(H,14,15)(H,16,18). The molecule has 7 heteroatoms. The van der Waals surface area contributed by atoms with Gasteiger partial charge >= 0.3 is 0 Å². The molecule has 1 saturated carbocycles. The van der Waals surface area contributed by atoms with Crippen molar-refractivity contribution in [1.82, 2.24) is 15.3 Å². The number of imidazole rings is 1. The Kier molecular flexibility index (Phi) is 3.73. The predicted molar refractivity (Wildman–Crippen MR) is 69.5 cm³/mol. The zero-order valence-electron chi connectivity index (χ0n) is 10.9. The van der Waals surface area contributed by atoms with Gasteiger partial charge in [0.2, 0.25) is 5.91 Å². The highest BCUT2D eigenvalue weighted by atomic mass is 16.4. The van der Waals surface area contributed by atoms with Crippen LogP contribution < -0.4 is 11.1 Å². The molecule has 1 aliphatic rings. The molecular formula is C12H19N5O2. The van der Waals surface area contributed by atoms with Gasteiger partial charge in [-0.15, -0.1) is 0 Å². The number of hydrogen-bond donors (Lipinski definition) is 4. The van der Waals surface area contributed by atoms with Crippen LogP contribution in [0.25, 0.3) is 0 Å². The second-order valence-corrected chi connectivity index (χ2v) is 5.12. The summed E-state index contributed by atoms with van der Waals surface area (Å²) in [6.45, 7) is 2.51. The SMILES string of the molecule is CC1CC(C(=O)NCCc2ncc[nH]2)(/C(N)=N/O)C1. The van der Waals surface area contributed by atoms with E-state index in [-0.39, 0.29) is 11.7 Å². The smallest absolute Gasteiger partial charge is 0.233 e. The van der Waals surface area contributed by atoms with Crippen LogP contribution in [0.15, 0.2) is 17.5 Å². The Balaban J connectivity index is 1.90. The molecule has 2 rings (SSSR count). The lowest BCUT2D eigenvalue weighted by Gasteiger charge is -2.43. The van der Waals surface area contributed by atoms with Gasteiger partial charge in [0.15, 0.2) is 5.84 Å². The van der Waals surface area contributed by atoms with E-state index in [2.05, 4.69) is 20.4 Å². The average molecular weight is 265 g/mol. The molecule has 0 bridgehead atoms. The van der Waals surface area contributed by atoms with Gasteiger partial charge in [0, 0.05) is 25.4 Å². The first-order valence-electron chi connectivity index (χ1n) is 6.33. The first kappa shape index (κ1) is 13.4. The Labute approximate surface area is 111 Å². The minimum atomic E-state index is -0.836. The number of nitrogens with one attached hydrogen (secondary N) is 2. The van der Waals surface area contributed by atoms with Crippen LogP contribution in [0.3, 0.4) is 0 Å². The second-order valence-electron chi connectivity index (χ2n) is 5.12. The highest BCUT2D eigenvalue weighted by Gasteiger charge is 2.51. The molecule has 0 unspecified atom stereocenters. The number of amidine groups is 1. The zero-order valence-corrected chi connectivity index (χ0v) is 10.9. The number of amides is 1. The van der Waals surface area contributed by atoms with Gasteiger partial charge in [0.1, 0.15) is 11.2 Å². The number of hydrogen-bond acceptors (Lipinski definition) is 4. The van der Waals surface area contributed by atoms with Gasteiger partial charge in [0.25, 0.3) is 0 Å². The molecule has 1 aromatic rings. The lowest BCUT2D eigenvalue weighted by atomic mass is 9.61. The van der Waals surface area contributed by atoms with E-state index in [0.29, 0.717) is 31.7 Å². The summed E-state index contributed by atoms with van der Waals surface area (Å²) in [5, 5.41) is 14.7. The Hall–Kier alpha value is -2.05. The number of aromatic amines is 1. The van der Waals surface area contributed by atoms with Gasteiger partial charge in [-0.3, -0.25) is 4.79 Å². The Morgan fingerprint density at radius 2 is 2.47 bits per heavy atom. The number of carbonyl (C=O) groups excluding carboxylic acids is 1. The molecule has 0 atom stereocenters. The molecule has 7 nitrogen and oxygen atoms in total. The summed E-state index contributed by atoms with van der Waals surface area (Å²) >= 11 is 0. The normalized spacial score (nSPS) is 26.8. The summed E-state index contributed by atoms with van der Waals surface area (Å²) in [5.41, 5.74) is 4.83. The fourth-order valence-electron chi connectivity index (χ4n) is 2.63. The van der Waals surface area contributed by atoms with Crippen LogP contribution >= 0.6 is 0 Å². The topological polar surface area (TPSA) is 116 Å². The molecule has 1 aliphatic carbocycles. The van der Waals surface area contributed by atoms with E-state index in [1.54, 1.807) is 12.4 Å². The number of nitrogens with zero attached hydrogens (tertiary/aromatic N) is 2. The molecule has 19 heavy (non-hydrogen) atoms. The van der Waals surface area contributed by atoms with Crippen LogP contribution in [-0.4, -0.2) is 33.5 Å². The van der Waals surface area contributed by atoms with E-state index in [9.17, 15) is 4.79 Å². The quantitative estimate of drug-likeness (QED) is 0.264. The molecule has 0 aromatic carbocycles. The largest absolute Gasteiger partial charge is 0.409 e. The van der Waals surface area contributed by atoms with Gasteiger partial charge in [0.05, 0.1) is 0 Å². The van der Waals surface area contributed by atoms with Gasteiger partial charge in [-0.2, -0.15) is 0 Å². The van der Waals surface area contributed by atoms with Crippen molar-refractivity contribution in [3.63, 3.8) is 0 Å². The van der Waals surface area contributed by atoms with Crippen LogP contribution in [0.4, 0.5) is 0 Å². The number of oxime groups is 1. The van der Waals surface area contributed by atoms with Gasteiger partial charge in [-0.05, 0) is 18.8 Å². The van der Waals surface area contributed by atoms with Crippen LogP contribution in [0.5, 0.6) is 0 Å². The fraction of sp³-hybridized carbons (Fsp3) is 0.583. The minimum absolute atomic E-state index is 0.00102. The Morgan fingerprint density at radius 1 is 1.74 bits per heavy atom. The molecule has 1 amide bonds. The number of rotatable bonds is 5. The molecule has 1 fully saturated rings. The summed E-state index contributed by atoms with van der Waals surface area (Å²) in [4.78, 5) is 19.3. The molecule has 5 N–H and O–H groups in total. The first-order chi connectivity index (χ1) is 9.08. The Morgan fingerprint density at radius 3 is 3.00 bits per heavy atom. The maximum atomic E-state index is 12.2. The van der Waals surface area contributed by atoms with Crippen molar-refractivity contribution in [1.29, 1.82) is 0 Å². The van der Waals surface area contributed by atoms with Crippen molar-refractivity contribution < 1.29 is 10.0 Å². The minimum Gasteiger partial charge on any atom is -0.409 e. The van der Waals surface area contributed by atoms with E-state index in [4.69, 9.17) is 10.9 Å². The first-order valence-corrected chi connectivity index (χ1v) is 6.33. The van der Waals surface area contributed by atoms with E-state index in [0.717, 1.165) is 5.82 Å². The maximum absolute atomic E-state index is 12.2.